The third-order valence-corrected chi connectivity index (χ3v) is 3.80. The van der Waals surface area contributed by atoms with Gasteiger partial charge in [-0.2, -0.15) is 0 Å². The van der Waals surface area contributed by atoms with Crippen LogP contribution in [0.1, 0.15) is 13.8 Å². The summed E-state index contributed by atoms with van der Waals surface area (Å²) in [6.07, 6.45) is 0. The highest BCUT2D eigenvalue weighted by Gasteiger charge is 2.16. The Balaban J connectivity index is 1.74. The van der Waals surface area contributed by atoms with Crippen LogP contribution >= 0.6 is 11.6 Å². The highest BCUT2D eigenvalue weighted by molar-refractivity contribution is 6.30. The van der Waals surface area contributed by atoms with Crippen LogP contribution in [-0.4, -0.2) is 50.2 Å². The Bertz CT molecular complexity index is 369. The van der Waals surface area contributed by atoms with Gasteiger partial charge in [-0.3, -0.25) is 4.90 Å². The summed E-state index contributed by atoms with van der Waals surface area (Å²) < 4.78 is 0. The van der Waals surface area contributed by atoms with Gasteiger partial charge in [-0.05, 0) is 24.3 Å². The quantitative estimate of drug-likeness (QED) is 0.894. The zero-order valence-corrected chi connectivity index (χ0v) is 12.7. The lowest BCUT2D eigenvalue weighted by atomic mass is 10.2. The third-order valence-electron chi connectivity index (χ3n) is 3.54. The molecule has 1 heterocycles. The van der Waals surface area contributed by atoms with Crippen LogP contribution in [0, 0.1) is 0 Å². The number of nitrogens with one attached hydrogen (secondary N) is 1. The van der Waals surface area contributed by atoms with Gasteiger partial charge in [0.05, 0.1) is 0 Å². The van der Waals surface area contributed by atoms with E-state index in [4.69, 9.17) is 11.6 Å². The normalized spacial score (nSPS) is 17.2. The molecule has 0 spiro atoms. The van der Waals surface area contributed by atoms with Crippen molar-refractivity contribution in [2.24, 2.45) is 0 Å². The van der Waals surface area contributed by atoms with Gasteiger partial charge in [0.1, 0.15) is 0 Å². The molecule has 1 aromatic rings. The van der Waals surface area contributed by atoms with Crippen molar-refractivity contribution in [1.29, 1.82) is 0 Å². The van der Waals surface area contributed by atoms with Crippen LogP contribution in [0.15, 0.2) is 24.3 Å². The molecule has 0 atom stereocenters. The minimum atomic E-state index is 0.579. The van der Waals surface area contributed by atoms with E-state index in [9.17, 15) is 0 Å². The zero-order valence-electron chi connectivity index (χ0n) is 11.9. The molecule has 1 fully saturated rings. The van der Waals surface area contributed by atoms with E-state index in [1.165, 1.54) is 5.69 Å². The molecule has 0 radical (unpaired) electrons. The maximum atomic E-state index is 5.92. The average molecular weight is 282 g/mol. The van der Waals surface area contributed by atoms with E-state index < -0.39 is 0 Å². The molecule has 1 N–H and O–H groups in total. The second-order valence-corrected chi connectivity index (χ2v) is 5.85. The fourth-order valence-corrected chi connectivity index (χ4v) is 2.52. The Hall–Kier alpha value is -0.770. The van der Waals surface area contributed by atoms with Gasteiger partial charge in [0.2, 0.25) is 0 Å². The number of anilines is 1. The monoisotopic (exact) mass is 281 g/mol. The summed E-state index contributed by atoms with van der Waals surface area (Å²) in [4.78, 5) is 4.96. The van der Waals surface area contributed by atoms with Crippen LogP contribution in [0.5, 0.6) is 0 Å². The van der Waals surface area contributed by atoms with Crippen LogP contribution in [0.3, 0.4) is 0 Å². The first-order valence-corrected chi connectivity index (χ1v) is 7.49. The van der Waals surface area contributed by atoms with Crippen molar-refractivity contribution < 1.29 is 0 Å². The Morgan fingerprint density at radius 1 is 1.11 bits per heavy atom. The van der Waals surface area contributed by atoms with E-state index in [0.717, 1.165) is 44.3 Å². The Kier molecular flexibility index (Phi) is 5.49. The van der Waals surface area contributed by atoms with Crippen LogP contribution < -0.4 is 10.2 Å². The van der Waals surface area contributed by atoms with Crippen molar-refractivity contribution >= 4 is 17.3 Å². The molecule has 0 bridgehead atoms. The lowest BCUT2D eigenvalue weighted by Gasteiger charge is -2.36. The first-order chi connectivity index (χ1) is 9.15. The number of hydrogen-bond acceptors (Lipinski definition) is 3. The van der Waals surface area contributed by atoms with Gasteiger partial charge >= 0.3 is 0 Å². The summed E-state index contributed by atoms with van der Waals surface area (Å²) in [7, 11) is 0. The number of nitrogens with zero attached hydrogens (tertiary/aromatic N) is 2. The van der Waals surface area contributed by atoms with E-state index in [2.05, 4.69) is 41.1 Å². The molecule has 19 heavy (non-hydrogen) atoms. The lowest BCUT2D eigenvalue weighted by molar-refractivity contribution is 0.255. The molecule has 1 aromatic carbocycles. The number of hydrogen-bond donors (Lipinski definition) is 1. The van der Waals surface area contributed by atoms with Crippen molar-refractivity contribution in [3.8, 4) is 0 Å². The summed E-state index contributed by atoms with van der Waals surface area (Å²) >= 11 is 5.92. The number of halogens is 1. The van der Waals surface area contributed by atoms with Gasteiger partial charge in [-0.25, -0.2) is 0 Å². The van der Waals surface area contributed by atoms with Gasteiger partial charge in [-0.15, -0.1) is 0 Å². The Morgan fingerprint density at radius 2 is 1.74 bits per heavy atom. The van der Waals surface area contributed by atoms with E-state index in [-0.39, 0.29) is 0 Å². The van der Waals surface area contributed by atoms with Crippen molar-refractivity contribution in [3.05, 3.63) is 29.3 Å². The van der Waals surface area contributed by atoms with E-state index in [1.54, 1.807) is 0 Å². The minimum absolute atomic E-state index is 0.579. The zero-order chi connectivity index (χ0) is 13.7. The summed E-state index contributed by atoms with van der Waals surface area (Å²) in [5, 5.41) is 4.28. The lowest BCUT2D eigenvalue weighted by Crippen LogP contribution is -2.48. The largest absolute Gasteiger partial charge is 0.369 e. The molecular weight excluding hydrogens is 258 g/mol. The Labute approximate surface area is 121 Å². The molecular formula is C15H24ClN3. The van der Waals surface area contributed by atoms with E-state index in [0.29, 0.717) is 6.04 Å². The first-order valence-electron chi connectivity index (χ1n) is 7.11. The molecule has 106 valence electrons. The molecule has 0 saturated carbocycles. The van der Waals surface area contributed by atoms with Crippen LogP contribution in [0.25, 0.3) is 0 Å². The Morgan fingerprint density at radius 3 is 2.32 bits per heavy atom. The van der Waals surface area contributed by atoms with Gasteiger partial charge in [0.25, 0.3) is 0 Å². The second kappa shape index (κ2) is 7.13. The maximum absolute atomic E-state index is 5.92. The highest BCUT2D eigenvalue weighted by atomic mass is 35.5. The molecule has 0 amide bonds. The molecule has 1 aliphatic heterocycles. The van der Waals surface area contributed by atoms with E-state index in [1.807, 2.05) is 12.1 Å². The first kappa shape index (κ1) is 14.6. The van der Waals surface area contributed by atoms with Crippen LogP contribution in [0.2, 0.25) is 5.02 Å². The molecule has 0 aliphatic carbocycles. The fourth-order valence-electron chi connectivity index (χ4n) is 2.39. The molecule has 0 aromatic heterocycles. The maximum Gasteiger partial charge on any atom is 0.0407 e. The van der Waals surface area contributed by atoms with Crippen LogP contribution in [0.4, 0.5) is 5.69 Å². The third kappa shape index (κ3) is 4.68. The number of benzene rings is 1. The average Bonchev–Trinajstić information content (AvgIpc) is 2.40. The number of rotatable bonds is 5. The molecule has 1 saturated heterocycles. The summed E-state index contributed by atoms with van der Waals surface area (Å²) in [6, 6.07) is 8.73. The van der Waals surface area contributed by atoms with Gasteiger partial charge in [0.15, 0.2) is 0 Å². The fraction of sp³-hybridized carbons (Fsp3) is 0.600. The highest BCUT2D eigenvalue weighted by Crippen LogP contribution is 2.19. The molecule has 3 nitrogen and oxygen atoms in total. The molecule has 2 rings (SSSR count). The smallest absolute Gasteiger partial charge is 0.0407 e. The number of piperazine rings is 1. The molecule has 1 aliphatic rings. The standard InChI is InChI=1S/C15H24ClN3/c1-13(2)17-7-8-18-9-11-19(12-10-18)15-5-3-14(16)4-6-15/h3-6,13,17H,7-12H2,1-2H3. The van der Waals surface area contributed by atoms with Gasteiger partial charge < -0.3 is 10.2 Å². The van der Waals surface area contributed by atoms with Gasteiger partial charge in [0, 0.05) is 56.0 Å². The van der Waals surface area contributed by atoms with E-state index >= 15 is 0 Å². The minimum Gasteiger partial charge on any atom is -0.369 e. The van der Waals surface area contributed by atoms with Crippen molar-refractivity contribution in [3.63, 3.8) is 0 Å². The van der Waals surface area contributed by atoms with Crippen molar-refractivity contribution in [2.45, 2.75) is 19.9 Å². The van der Waals surface area contributed by atoms with Crippen molar-refractivity contribution in [2.75, 3.05) is 44.2 Å². The van der Waals surface area contributed by atoms with Crippen molar-refractivity contribution in [1.82, 2.24) is 10.2 Å². The molecule has 0 unspecified atom stereocenters. The summed E-state index contributed by atoms with van der Waals surface area (Å²) in [5.41, 5.74) is 1.28. The van der Waals surface area contributed by atoms with Gasteiger partial charge in [-0.1, -0.05) is 25.4 Å². The SMILES string of the molecule is CC(C)NCCN1CCN(c2ccc(Cl)cc2)CC1. The topological polar surface area (TPSA) is 18.5 Å². The van der Waals surface area contributed by atoms with Crippen LogP contribution in [-0.2, 0) is 0 Å². The predicted molar refractivity (Wildman–Crippen MR) is 83.2 cm³/mol. The molecule has 4 heteroatoms. The summed E-state index contributed by atoms with van der Waals surface area (Å²) in [5.74, 6) is 0. The summed E-state index contributed by atoms with van der Waals surface area (Å²) in [6.45, 7) is 11.1. The second-order valence-electron chi connectivity index (χ2n) is 5.41. The predicted octanol–water partition coefficient (Wildman–Crippen LogP) is 2.46.